The van der Waals surface area contributed by atoms with Crippen molar-refractivity contribution in [1.29, 1.82) is 0 Å². The number of hydrogen-bond acceptors (Lipinski definition) is 2. The van der Waals surface area contributed by atoms with Gasteiger partial charge in [-0.1, -0.05) is 32.4 Å². The van der Waals surface area contributed by atoms with Gasteiger partial charge in [0.05, 0.1) is 6.04 Å². The second-order valence-electron chi connectivity index (χ2n) is 4.92. The molecule has 1 aliphatic heterocycles. The van der Waals surface area contributed by atoms with Gasteiger partial charge < -0.3 is 10.1 Å². The molecule has 0 fully saturated rings. The van der Waals surface area contributed by atoms with Crippen molar-refractivity contribution < 1.29 is 4.74 Å². The van der Waals surface area contributed by atoms with Crippen LogP contribution in [-0.2, 0) is 0 Å². The van der Waals surface area contributed by atoms with E-state index in [1.54, 1.807) is 0 Å². The highest BCUT2D eigenvalue weighted by molar-refractivity contribution is 5.43. The molecular weight excluding hydrogens is 210 g/mol. The average molecular weight is 233 g/mol. The molecule has 1 aliphatic rings. The lowest BCUT2D eigenvalue weighted by molar-refractivity contribution is 0.178. The molecule has 2 atom stereocenters. The van der Waals surface area contributed by atoms with Crippen LogP contribution in [0.5, 0.6) is 5.75 Å². The van der Waals surface area contributed by atoms with Crippen LogP contribution < -0.4 is 10.1 Å². The smallest absolute Gasteiger partial charge is 0.125 e. The van der Waals surface area contributed by atoms with Gasteiger partial charge in [0.2, 0.25) is 0 Å². The summed E-state index contributed by atoms with van der Waals surface area (Å²) in [5.41, 5.74) is 2.61. The molecule has 0 amide bonds. The molecule has 2 nitrogen and oxygen atoms in total. The van der Waals surface area contributed by atoms with Gasteiger partial charge in [-0.25, -0.2) is 0 Å². The lowest BCUT2D eigenvalue weighted by Gasteiger charge is -2.19. The first-order chi connectivity index (χ1) is 8.26. The topological polar surface area (TPSA) is 21.3 Å². The van der Waals surface area contributed by atoms with E-state index in [9.17, 15) is 0 Å². The molecule has 1 heterocycles. The van der Waals surface area contributed by atoms with Crippen LogP contribution in [0.4, 0.5) is 0 Å². The fourth-order valence-electron chi connectivity index (χ4n) is 2.48. The van der Waals surface area contributed by atoms with E-state index < -0.39 is 0 Å². The number of hydrogen-bond donors (Lipinski definition) is 1. The summed E-state index contributed by atoms with van der Waals surface area (Å²) < 4.78 is 6.08. The summed E-state index contributed by atoms with van der Waals surface area (Å²) in [5, 5.41) is 3.62. The van der Waals surface area contributed by atoms with E-state index in [1.165, 1.54) is 17.5 Å². The Hall–Kier alpha value is -1.02. The first kappa shape index (κ1) is 12.4. The molecule has 0 aromatic heterocycles. The van der Waals surface area contributed by atoms with Gasteiger partial charge in [-0.05, 0) is 37.9 Å². The van der Waals surface area contributed by atoms with Crippen LogP contribution in [0.3, 0.4) is 0 Å². The highest BCUT2D eigenvalue weighted by atomic mass is 16.5. The Morgan fingerprint density at radius 3 is 2.76 bits per heavy atom. The molecule has 0 spiro atoms. The molecule has 17 heavy (non-hydrogen) atoms. The highest BCUT2D eigenvalue weighted by Crippen LogP contribution is 2.38. The fourth-order valence-corrected chi connectivity index (χ4v) is 2.48. The van der Waals surface area contributed by atoms with Gasteiger partial charge in [0, 0.05) is 5.56 Å². The predicted molar refractivity (Wildman–Crippen MR) is 71.5 cm³/mol. The van der Waals surface area contributed by atoms with Gasteiger partial charge in [-0.2, -0.15) is 0 Å². The van der Waals surface area contributed by atoms with Crippen LogP contribution in [0.2, 0.25) is 0 Å². The largest absolute Gasteiger partial charge is 0.488 e. The molecule has 94 valence electrons. The van der Waals surface area contributed by atoms with Gasteiger partial charge in [-0.15, -0.1) is 0 Å². The molecule has 2 rings (SSSR count). The number of aryl methyl sites for hydroxylation is 1. The van der Waals surface area contributed by atoms with Gasteiger partial charge in [0.25, 0.3) is 0 Å². The highest BCUT2D eigenvalue weighted by Gasteiger charge is 2.32. The van der Waals surface area contributed by atoms with Crippen molar-refractivity contribution in [1.82, 2.24) is 5.32 Å². The lowest BCUT2D eigenvalue weighted by Crippen LogP contribution is -2.31. The number of fused-ring (bicyclic) bond motifs is 1. The van der Waals surface area contributed by atoms with Crippen molar-refractivity contribution in [2.45, 2.75) is 52.2 Å². The number of ether oxygens (including phenoxy) is 1. The zero-order valence-corrected chi connectivity index (χ0v) is 11.1. The van der Waals surface area contributed by atoms with E-state index in [-0.39, 0.29) is 0 Å². The SMILES string of the molecule is CCCNC1c2ccc(C)cc2OC1CCC. The summed E-state index contributed by atoms with van der Waals surface area (Å²) in [7, 11) is 0. The minimum atomic E-state index is 0.309. The fraction of sp³-hybridized carbons (Fsp3) is 0.600. The molecule has 0 saturated heterocycles. The summed E-state index contributed by atoms with van der Waals surface area (Å²) in [6.07, 6.45) is 3.76. The standard InChI is InChI=1S/C15H23NO/c1-4-6-13-15(16-9-5-2)12-8-7-11(3)10-14(12)17-13/h7-8,10,13,15-16H,4-6,9H2,1-3H3. The molecule has 2 heteroatoms. The molecule has 1 aromatic rings. The summed E-state index contributed by atoms with van der Waals surface area (Å²) in [5.74, 6) is 1.08. The van der Waals surface area contributed by atoms with Crippen LogP contribution in [0.25, 0.3) is 0 Å². The third-order valence-electron chi connectivity index (χ3n) is 3.34. The van der Waals surface area contributed by atoms with E-state index >= 15 is 0 Å². The van der Waals surface area contributed by atoms with Crippen molar-refractivity contribution in [3.63, 3.8) is 0 Å². The molecule has 0 saturated carbocycles. The van der Waals surface area contributed by atoms with Crippen LogP contribution in [0, 0.1) is 6.92 Å². The van der Waals surface area contributed by atoms with E-state index in [2.05, 4.69) is 44.3 Å². The number of benzene rings is 1. The molecule has 1 N–H and O–H groups in total. The maximum atomic E-state index is 6.08. The molecule has 2 unspecified atom stereocenters. The Bertz CT molecular complexity index is 375. The number of nitrogens with one attached hydrogen (secondary N) is 1. The minimum Gasteiger partial charge on any atom is -0.488 e. The summed E-state index contributed by atoms with van der Waals surface area (Å²) >= 11 is 0. The second kappa shape index (κ2) is 5.54. The van der Waals surface area contributed by atoms with Crippen molar-refractivity contribution >= 4 is 0 Å². The van der Waals surface area contributed by atoms with E-state index in [4.69, 9.17) is 4.74 Å². The third-order valence-corrected chi connectivity index (χ3v) is 3.34. The zero-order valence-electron chi connectivity index (χ0n) is 11.1. The first-order valence-corrected chi connectivity index (χ1v) is 6.76. The van der Waals surface area contributed by atoms with Crippen molar-refractivity contribution in [3.05, 3.63) is 29.3 Å². The maximum Gasteiger partial charge on any atom is 0.125 e. The number of rotatable bonds is 5. The Morgan fingerprint density at radius 2 is 2.06 bits per heavy atom. The molecule has 0 radical (unpaired) electrons. The molecular formula is C15H23NO. The Labute approximate surface area is 104 Å². The lowest BCUT2D eigenvalue weighted by atomic mass is 9.99. The Balaban J connectivity index is 2.19. The molecule has 0 aliphatic carbocycles. The Morgan fingerprint density at radius 1 is 1.24 bits per heavy atom. The van der Waals surface area contributed by atoms with Gasteiger partial charge in [0.15, 0.2) is 0 Å². The minimum absolute atomic E-state index is 0.309. The summed E-state index contributed by atoms with van der Waals surface area (Å²) in [6, 6.07) is 6.93. The van der Waals surface area contributed by atoms with Gasteiger partial charge >= 0.3 is 0 Å². The van der Waals surface area contributed by atoms with Crippen molar-refractivity contribution in [2.75, 3.05) is 6.54 Å². The van der Waals surface area contributed by atoms with E-state index in [1.807, 2.05) is 0 Å². The summed E-state index contributed by atoms with van der Waals surface area (Å²) in [6.45, 7) is 7.59. The third kappa shape index (κ3) is 2.63. The first-order valence-electron chi connectivity index (χ1n) is 6.76. The van der Waals surface area contributed by atoms with Crippen LogP contribution in [0.15, 0.2) is 18.2 Å². The quantitative estimate of drug-likeness (QED) is 0.839. The van der Waals surface area contributed by atoms with Crippen LogP contribution >= 0.6 is 0 Å². The molecule has 1 aromatic carbocycles. The van der Waals surface area contributed by atoms with Crippen molar-refractivity contribution in [3.8, 4) is 5.75 Å². The van der Waals surface area contributed by atoms with Gasteiger partial charge in [0.1, 0.15) is 11.9 Å². The second-order valence-corrected chi connectivity index (χ2v) is 4.92. The van der Waals surface area contributed by atoms with E-state index in [0.717, 1.165) is 25.1 Å². The summed E-state index contributed by atoms with van der Waals surface area (Å²) in [4.78, 5) is 0. The van der Waals surface area contributed by atoms with Gasteiger partial charge in [-0.3, -0.25) is 0 Å². The van der Waals surface area contributed by atoms with Crippen LogP contribution in [0.1, 0.15) is 50.3 Å². The van der Waals surface area contributed by atoms with Crippen molar-refractivity contribution in [2.24, 2.45) is 0 Å². The average Bonchev–Trinajstić information content (AvgIpc) is 2.63. The zero-order chi connectivity index (χ0) is 12.3. The molecule has 0 bridgehead atoms. The Kier molecular flexibility index (Phi) is 4.06. The van der Waals surface area contributed by atoms with E-state index in [0.29, 0.717) is 12.1 Å². The van der Waals surface area contributed by atoms with Crippen LogP contribution in [-0.4, -0.2) is 12.6 Å². The maximum absolute atomic E-state index is 6.08. The normalized spacial score (nSPS) is 22.3. The monoisotopic (exact) mass is 233 g/mol. The predicted octanol–water partition coefficient (Wildman–Crippen LogP) is 3.60.